The van der Waals surface area contributed by atoms with Crippen LogP contribution in [-0.4, -0.2) is 26.6 Å². The molecule has 0 aromatic heterocycles. The van der Waals surface area contributed by atoms with Crippen LogP contribution in [0.15, 0.2) is 42.5 Å². The zero-order valence-corrected chi connectivity index (χ0v) is 16.7. The smallest absolute Gasteiger partial charge is 0.248 e. The highest BCUT2D eigenvalue weighted by Gasteiger charge is 2.31. The minimum atomic E-state index is -3.63. The van der Waals surface area contributed by atoms with Crippen LogP contribution in [0.25, 0.3) is 0 Å². The van der Waals surface area contributed by atoms with Gasteiger partial charge in [-0.3, -0.25) is 9.10 Å². The van der Waals surface area contributed by atoms with Crippen LogP contribution >= 0.6 is 0 Å². The summed E-state index contributed by atoms with van der Waals surface area (Å²) in [5.74, 6) is -0.337. The van der Waals surface area contributed by atoms with Crippen LogP contribution in [0.3, 0.4) is 0 Å². The Bertz CT molecular complexity index is 870. The van der Waals surface area contributed by atoms with E-state index in [-0.39, 0.29) is 5.91 Å². The molecule has 0 fully saturated rings. The lowest BCUT2D eigenvalue weighted by Crippen LogP contribution is -2.47. The van der Waals surface area contributed by atoms with Gasteiger partial charge in [0, 0.05) is 5.69 Å². The fourth-order valence-electron chi connectivity index (χ4n) is 2.97. The van der Waals surface area contributed by atoms with E-state index in [4.69, 9.17) is 0 Å². The molecule has 0 heterocycles. The highest BCUT2D eigenvalue weighted by molar-refractivity contribution is 7.92. The van der Waals surface area contributed by atoms with Gasteiger partial charge in [-0.2, -0.15) is 0 Å². The number of carbonyl (C=O) groups is 1. The molecule has 1 N–H and O–H groups in total. The molecule has 0 spiro atoms. The molecule has 2 rings (SSSR count). The van der Waals surface area contributed by atoms with Gasteiger partial charge in [0.1, 0.15) is 6.04 Å². The maximum Gasteiger partial charge on any atom is 0.248 e. The van der Waals surface area contributed by atoms with E-state index >= 15 is 0 Å². The average Bonchev–Trinajstić information content (AvgIpc) is 2.56. The molecule has 26 heavy (non-hydrogen) atoms. The number of amides is 1. The normalized spacial score (nSPS) is 12.5. The first kappa shape index (κ1) is 20.0. The topological polar surface area (TPSA) is 66.5 Å². The molecule has 0 saturated carbocycles. The van der Waals surface area contributed by atoms with Gasteiger partial charge in [-0.1, -0.05) is 42.8 Å². The Morgan fingerprint density at radius 3 is 2.04 bits per heavy atom. The van der Waals surface area contributed by atoms with Crippen molar-refractivity contribution in [2.45, 2.75) is 40.2 Å². The van der Waals surface area contributed by atoms with E-state index in [9.17, 15) is 13.2 Å². The molecule has 1 amide bonds. The summed E-state index contributed by atoms with van der Waals surface area (Å²) in [5.41, 5.74) is 4.12. The quantitative estimate of drug-likeness (QED) is 0.836. The van der Waals surface area contributed by atoms with Crippen molar-refractivity contribution in [3.8, 4) is 0 Å². The van der Waals surface area contributed by atoms with Crippen LogP contribution in [0.1, 0.15) is 30.0 Å². The van der Waals surface area contributed by atoms with Crippen molar-refractivity contribution in [2.24, 2.45) is 0 Å². The van der Waals surface area contributed by atoms with Gasteiger partial charge in [0.05, 0.1) is 11.9 Å². The van der Waals surface area contributed by atoms with E-state index in [0.29, 0.717) is 12.1 Å². The van der Waals surface area contributed by atoms with Gasteiger partial charge in [0.25, 0.3) is 0 Å². The second kappa shape index (κ2) is 7.91. The van der Waals surface area contributed by atoms with E-state index in [0.717, 1.165) is 28.6 Å². The Hall–Kier alpha value is -2.34. The van der Waals surface area contributed by atoms with Crippen molar-refractivity contribution in [1.29, 1.82) is 0 Å². The van der Waals surface area contributed by atoms with E-state index in [1.165, 1.54) is 4.31 Å². The fraction of sp³-hybridized carbons (Fsp3) is 0.350. The molecular formula is C20H26N2O3S. The zero-order chi connectivity index (χ0) is 19.5. The molecule has 2 aromatic carbocycles. The number of carbonyl (C=O) groups excluding carboxylic acids is 1. The van der Waals surface area contributed by atoms with Gasteiger partial charge in [0.15, 0.2) is 0 Å². The van der Waals surface area contributed by atoms with Crippen LogP contribution < -0.4 is 9.62 Å². The minimum absolute atomic E-state index is 0.337. The number of anilines is 2. The molecule has 6 heteroatoms. The summed E-state index contributed by atoms with van der Waals surface area (Å²) in [7, 11) is -3.63. The molecule has 0 bridgehead atoms. The van der Waals surface area contributed by atoms with Crippen molar-refractivity contribution < 1.29 is 13.2 Å². The van der Waals surface area contributed by atoms with Gasteiger partial charge in [-0.25, -0.2) is 8.42 Å². The number of benzene rings is 2. The number of para-hydroxylation sites is 1. The number of aryl methyl sites for hydroxylation is 3. The number of hydrogen-bond acceptors (Lipinski definition) is 3. The molecular weight excluding hydrogens is 348 g/mol. The predicted molar refractivity (Wildman–Crippen MR) is 107 cm³/mol. The van der Waals surface area contributed by atoms with Crippen LogP contribution in [0.4, 0.5) is 11.4 Å². The van der Waals surface area contributed by atoms with E-state index < -0.39 is 16.1 Å². The average molecular weight is 375 g/mol. The highest BCUT2D eigenvalue weighted by Crippen LogP contribution is 2.25. The molecule has 0 saturated heterocycles. The van der Waals surface area contributed by atoms with Crippen LogP contribution in [0.2, 0.25) is 0 Å². The first-order valence-electron chi connectivity index (χ1n) is 8.58. The van der Waals surface area contributed by atoms with Crippen molar-refractivity contribution in [2.75, 3.05) is 15.9 Å². The maximum atomic E-state index is 13.0. The van der Waals surface area contributed by atoms with Gasteiger partial charge in [0.2, 0.25) is 15.9 Å². The number of nitrogens with zero attached hydrogens (tertiary/aromatic N) is 1. The van der Waals surface area contributed by atoms with E-state index in [1.807, 2.05) is 51.1 Å². The molecule has 1 unspecified atom stereocenters. The third kappa shape index (κ3) is 4.43. The van der Waals surface area contributed by atoms with Gasteiger partial charge in [-0.05, 0) is 50.5 Å². The fourth-order valence-corrected chi connectivity index (χ4v) is 4.18. The Balaban J connectivity index is 2.41. The van der Waals surface area contributed by atoms with Crippen LogP contribution in [0, 0.1) is 20.8 Å². The Labute approximate surface area is 156 Å². The second-order valence-corrected chi connectivity index (χ2v) is 8.43. The first-order valence-corrected chi connectivity index (χ1v) is 10.4. The maximum absolute atomic E-state index is 13.0. The van der Waals surface area contributed by atoms with Crippen LogP contribution in [-0.2, 0) is 14.8 Å². The molecule has 0 aliphatic carbocycles. The van der Waals surface area contributed by atoms with Crippen molar-refractivity contribution >= 4 is 27.3 Å². The molecule has 5 nitrogen and oxygen atoms in total. The Morgan fingerprint density at radius 2 is 1.58 bits per heavy atom. The standard InChI is InChI=1S/C20H26N2O3S/c1-6-18(20(23)21-19-15(3)8-7-9-16(19)4)22(26(5,24)25)17-12-10-14(2)11-13-17/h7-13,18H,6H2,1-5H3,(H,21,23). The summed E-state index contributed by atoms with van der Waals surface area (Å²) in [6, 6.07) is 12.1. The summed E-state index contributed by atoms with van der Waals surface area (Å²) in [6.07, 6.45) is 1.49. The third-order valence-corrected chi connectivity index (χ3v) is 5.53. The molecule has 140 valence electrons. The second-order valence-electron chi connectivity index (χ2n) is 6.57. The minimum Gasteiger partial charge on any atom is -0.324 e. The number of rotatable bonds is 6. The Morgan fingerprint density at radius 1 is 1.04 bits per heavy atom. The lowest BCUT2D eigenvalue weighted by molar-refractivity contribution is -0.117. The monoisotopic (exact) mass is 374 g/mol. The summed E-state index contributed by atoms with van der Waals surface area (Å²) < 4.78 is 26.1. The largest absolute Gasteiger partial charge is 0.324 e. The molecule has 0 aliphatic rings. The Kier molecular flexibility index (Phi) is 6.08. The van der Waals surface area contributed by atoms with E-state index in [1.54, 1.807) is 19.1 Å². The van der Waals surface area contributed by atoms with Gasteiger partial charge >= 0.3 is 0 Å². The van der Waals surface area contributed by atoms with E-state index in [2.05, 4.69) is 5.32 Å². The third-order valence-electron chi connectivity index (χ3n) is 4.35. The molecule has 0 radical (unpaired) electrons. The molecule has 0 aliphatic heterocycles. The van der Waals surface area contributed by atoms with Crippen molar-refractivity contribution in [1.82, 2.24) is 0 Å². The zero-order valence-electron chi connectivity index (χ0n) is 15.9. The number of sulfonamides is 1. The van der Waals surface area contributed by atoms with Crippen molar-refractivity contribution in [3.63, 3.8) is 0 Å². The lowest BCUT2D eigenvalue weighted by Gasteiger charge is -2.30. The summed E-state index contributed by atoms with van der Waals surface area (Å²) in [5, 5.41) is 2.92. The predicted octanol–water partition coefficient (Wildman–Crippen LogP) is 3.80. The SMILES string of the molecule is CCC(C(=O)Nc1c(C)cccc1C)N(c1ccc(C)cc1)S(C)(=O)=O. The summed E-state index contributed by atoms with van der Waals surface area (Å²) in [4.78, 5) is 13.0. The van der Waals surface area contributed by atoms with Crippen molar-refractivity contribution in [3.05, 3.63) is 59.2 Å². The van der Waals surface area contributed by atoms with Gasteiger partial charge < -0.3 is 5.32 Å². The molecule has 2 aromatic rings. The first-order chi connectivity index (χ1) is 12.1. The van der Waals surface area contributed by atoms with Crippen LogP contribution in [0.5, 0.6) is 0 Å². The number of nitrogens with one attached hydrogen (secondary N) is 1. The lowest BCUT2D eigenvalue weighted by atomic mass is 10.1. The summed E-state index contributed by atoms with van der Waals surface area (Å²) >= 11 is 0. The molecule has 1 atom stereocenters. The number of hydrogen-bond donors (Lipinski definition) is 1. The van der Waals surface area contributed by atoms with Gasteiger partial charge in [-0.15, -0.1) is 0 Å². The summed E-state index contributed by atoms with van der Waals surface area (Å²) in [6.45, 7) is 7.57. The highest BCUT2D eigenvalue weighted by atomic mass is 32.2.